The summed E-state index contributed by atoms with van der Waals surface area (Å²) >= 11 is 5.83. The van der Waals surface area contributed by atoms with Crippen LogP contribution in [-0.2, 0) is 4.79 Å². The summed E-state index contributed by atoms with van der Waals surface area (Å²) in [5, 5.41) is 0.669. The van der Waals surface area contributed by atoms with Gasteiger partial charge in [-0.15, -0.1) is 0 Å². The number of amides is 1. The third-order valence-electron chi connectivity index (χ3n) is 3.35. The van der Waals surface area contributed by atoms with Crippen molar-refractivity contribution < 1.29 is 9.53 Å². The molecule has 0 aromatic heterocycles. The van der Waals surface area contributed by atoms with Gasteiger partial charge in [-0.2, -0.15) is 0 Å². The average molecular weight is 319 g/mol. The Morgan fingerprint density at radius 3 is 2.41 bits per heavy atom. The lowest BCUT2D eigenvalue weighted by Crippen LogP contribution is -2.37. The van der Waals surface area contributed by atoms with Crippen molar-refractivity contribution in [1.82, 2.24) is 4.90 Å². The van der Waals surface area contributed by atoms with Gasteiger partial charge >= 0.3 is 0 Å². The Labute approximate surface area is 135 Å². The predicted molar refractivity (Wildman–Crippen MR) is 88.0 cm³/mol. The smallest absolute Gasteiger partial charge is 0.239 e. The second kappa shape index (κ2) is 7.82. The van der Waals surface area contributed by atoms with Gasteiger partial charge in [0, 0.05) is 11.6 Å². The molecule has 0 saturated carbocycles. The van der Waals surface area contributed by atoms with Crippen molar-refractivity contribution in [3.63, 3.8) is 0 Å². The quantitative estimate of drug-likeness (QED) is 0.854. The fourth-order valence-corrected chi connectivity index (χ4v) is 2.36. The molecule has 1 atom stereocenters. The van der Waals surface area contributed by atoms with E-state index in [4.69, 9.17) is 22.1 Å². The number of hydrogen-bond acceptors (Lipinski definition) is 3. The lowest BCUT2D eigenvalue weighted by molar-refractivity contribution is -0.123. The lowest BCUT2D eigenvalue weighted by Gasteiger charge is -2.25. The van der Waals surface area contributed by atoms with Gasteiger partial charge < -0.3 is 10.5 Å². The Bertz CT molecular complexity index is 602. The Morgan fingerprint density at radius 2 is 1.82 bits per heavy atom. The number of nitrogens with zero attached hydrogens (tertiary/aromatic N) is 1. The Morgan fingerprint density at radius 1 is 1.18 bits per heavy atom. The van der Waals surface area contributed by atoms with E-state index >= 15 is 0 Å². The number of nitrogens with two attached hydrogens (primary N) is 1. The highest BCUT2D eigenvalue weighted by molar-refractivity contribution is 6.30. The van der Waals surface area contributed by atoms with Gasteiger partial charge in [-0.25, -0.2) is 0 Å². The number of hydrogen-bond donors (Lipinski definition) is 1. The molecule has 2 aromatic carbocycles. The molecule has 0 spiro atoms. The van der Waals surface area contributed by atoms with Crippen LogP contribution < -0.4 is 10.5 Å². The second-order valence-corrected chi connectivity index (χ2v) is 5.44. The van der Waals surface area contributed by atoms with Crippen molar-refractivity contribution in [3.05, 3.63) is 65.2 Å². The number of ether oxygens (including phenoxy) is 1. The Kier molecular flexibility index (Phi) is 5.81. The standard InChI is InChI=1S/C17H19ClN2O2/c1-20(11-12-22-15-9-7-14(18)8-10-15)16(17(19)21)13-5-3-2-4-6-13/h2-10,16H,11-12H2,1H3,(H2,19,21). The molecule has 2 aromatic rings. The minimum atomic E-state index is -0.463. The first-order chi connectivity index (χ1) is 10.6. The monoisotopic (exact) mass is 318 g/mol. The molecule has 2 rings (SSSR count). The summed E-state index contributed by atoms with van der Waals surface area (Å²) in [6.45, 7) is 1.03. The molecule has 116 valence electrons. The molecule has 1 amide bonds. The van der Waals surface area contributed by atoms with Crippen molar-refractivity contribution in [2.75, 3.05) is 20.2 Å². The molecule has 0 aliphatic rings. The zero-order chi connectivity index (χ0) is 15.9. The highest BCUT2D eigenvalue weighted by atomic mass is 35.5. The van der Waals surface area contributed by atoms with E-state index in [0.717, 1.165) is 11.3 Å². The maximum Gasteiger partial charge on any atom is 0.239 e. The average Bonchev–Trinajstić information content (AvgIpc) is 2.50. The number of rotatable bonds is 7. The van der Waals surface area contributed by atoms with Crippen molar-refractivity contribution in [2.24, 2.45) is 5.73 Å². The van der Waals surface area contributed by atoms with E-state index in [1.54, 1.807) is 12.1 Å². The maximum absolute atomic E-state index is 11.7. The zero-order valence-electron chi connectivity index (χ0n) is 12.4. The van der Waals surface area contributed by atoms with Gasteiger partial charge in [-0.1, -0.05) is 41.9 Å². The molecular weight excluding hydrogens is 300 g/mol. The minimum absolute atomic E-state index is 0.375. The van der Waals surface area contributed by atoms with E-state index in [0.29, 0.717) is 18.2 Å². The van der Waals surface area contributed by atoms with Crippen LogP contribution in [0.5, 0.6) is 5.75 Å². The van der Waals surface area contributed by atoms with Crippen LogP contribution in [0.1, 0.15) is 11.6 Å². The largest absolute Gasteiger partial charge is 0.492 e. The van der Waals surface area contributed by atoms with E-state index in [2.05, 4.69) is 0 Å². The first-order valence-electron chi connectivity index (χ1n) is 7.01. The Hall–Kier alpha value is -2.04. The van der Waals surface area contributed by atoms with Gasteiger partial charge in [0.15, 0.2) is 0 Å². The van der Waals surface area contributed by atoms with Crippen LogP contribution >= 0.6 is 11.6 Å². The number of carbonyl (C=O) groups is 1. The third-order valence-corrected chi connectivity index (χ3v) is 3.60. The van der Waals surface area contributed by atoms with Crippen molar-refractivity contribution in [2.45, 2.75) is 6.04 Å². The van der Waals surface area contributed by atoms with Gasteiger partial charge in [0.25, 0.3) is 0 Å². The van der Waals surface area contributed by atoms with Gasteiger partial charge in [0.1, 0.15) is 18.4 Å². The maximum atomic E-state index is 11.7. The van der Waals surface area contributed by atoms with E-state index in [-0.39, 0.29) is 5.91 Å². The normalized spacial score (nSPS) is 12.1. The molecule has 5 heteroatoms. The van der Waals surface area contributed by atoms with E-state index < -0.39 is 6.04 Å². The van der Waals surface area contributed by atoms with E-state index in [1.807, 2.05) is 54.4 Å². The van der Waals surface area contributed by atoms with Crippen molar-refractivity contribution >= 4 is 17.5 Å². The lowest BCUT2D eigenvalue weighted by atomic mass is 10.1. The SMILES string of the molecule is CN(CCOc1ccc(Cl)cc1)C(C(N)=O)c1ccccc1. The highest BCUT2D eigenvalue weighted by Gasteiger charge is 2.22. The number of likely N-dealkylation sites (N-methyl/N-ethyl adjacent to an activating group) is 1. The topological polar surface area (TPSA) is 55.6 Å². The van der Waals surface area contributed by atoms with Gasteiger partial charge in [-0.3, -0.25) is 9.69 Å². The first-order valence-corrected chi connectivity index (χ1v) is 7.38. The molecule has 0 heterocycles. The summed E-state index contributed by atoms with van der Waals surface area (Å²) in [7, 11) is 1.85. The van der Waals surface area contributed by atoms with Gasteiger partial charge in [-0.05, 0) is 36.9 Å². The fraction of sp³-hybridized carbons (Fsp3) is 0.235. The van der Waals surface area contributed by atoms with E-state index in [1.165, 1.54) is 0 Å². The number of halogens is 1. The van der Waals surface area contributed by atoms with Crippen molar-refractivity contribution in [1.29, 1.82) is 0 Å². The molecule has 0 saturated heterocycles. The summed E-state index contributed by atoms with van der Waals surface area (Å²) in [5.41, 5.74) is 6.41. The second-order valence-electron chi connectivity index (χ2n) is 5.00. The summed E-state index contributed by atoms with van der Waals surface area (Å²) < 4.78 is 5.65. The Balaban J connectivity index is 1.93. The minimum Gasteiger partial charge on any atom is -0.492 e. The third kappa shape index (κ3) is 4.48. The summed E-state index contributed by atoms with van der Waals surface area (Å²) in [4.78, 5) is 13.6. The van der Waals surface area contributed by atoms with Crippen LogP contribution in [0.4, 0.5) is 0 Å². The number of carbonyl (C=O) groups excluding carboxylic acids is 1. The predicted octanol–water partition coefficient (Wildman–Crippen LogP) is 2.88. The molecule has 0 bridgehead atoms. The summed E-state index contributed by atoms with van der Waals surface area (Å²) in [6, 6.07) is 16.2. The van der Waals surface area contributed by atoms with Crippen LogP contribution in [0.3, 0.4) is 0 Å². The van der Waals surface area contributed by atoms with Gasteiger partial charge in [0.05, 0.1) is 0 Å². The molecule has 0 aliphatic carbocycles. The van der Waals surface area contributed by atoms with Crippen molar-refractivity contribution in [3.8, 4) is 5.75 Å². The molecule has 0 fully saturated rings. The fourth-order valence-electron chi connectivity index (χ4n) is 2.24. The molecule has 1 unspecified atom stereocenters. The molecule has 2 N–H and O–H groups in total. The van der Waals surface area contributed by atoms with Gasteiger partial charge in [0.2, 0.25) is 5.91 Å². The molecule has 22 heavy (non-hydrogen) atoms. The molecule has 4 nitrogen and oxygen atoms in total. The highest BCUT2D eigenvalue weighted by Crippen LogP contribution is 2.19. The summed E-state index contributed by atoms with van der Waals surface area (Å²) in [5.74, 6) is 0.369. The van der Waals surface area contributed by atoms with Crippen LogP contribution in [0, 0.1) is 0 Å². The molecule has 0 aliphatic heterocycles. The molecule has 0 radical (unpaired) electrons. The van der Waals surface area contributed by atoms with Crippen LogP contribution in [0.25, 0.3) is 0 Å². The first kappa shape index (κ1) is 16.3. The van der Waals surface area contributed by atoms with Crippen LogP contribution in [0.15, 0.2) is 54.6 Å². The number of benzene rings is 2. The van der Waals surface area contributed by atoms with Crippen LogP contribution in [0.2, 0.25) is 5.02 Å². The van der Waals surface area contributed by atoms with E-state index in [9.17, 15) is 4.79 Å². The molecular formula is C17H19ClN2O2. The van der Waals surface area contributed by atoms with Crippen LogP contribution in [-0.4, -0.2) is 31.0 Å². The zero-order valence-corrected chi connectivity index (χ0v) is 13.2. The number of primary amides is 1. The summed E-state index contributed by atoms with van der Waals surface area (Å²) in [6.07, 6.45) is 0.